The topological polar surface area (TPSA) is 47.5 Å². The summed E-state index contributed by atoms with van der Waals surface area (Å²) in [5.41, 5.74) is 0.955. The van der Waals surface area contributed by atoms with Crippen molar-refractivity contribution in [3.63, 3.8) is 0 Å². The van der Waals surface area contributed by atoms with Crippen LogP contribution in [0.1, 0.15) is 12.5 Å². The van der Waals surface area contributed by atoms with Gasteiger partial charge in [-0.1, -0.05) is 0 Å². The van der Waals surface area contributed by atoms with Crippen molar-refractivity contribution in [1.82, 2.24) is 9.97 Å². The summed E-state index contributed by atoms with van der Waals surface area (Å²) in [6, 6.07) is 0.156. The van der Waals surface area contributed by atoms with Gasteiger partial charge in [0.25, 0.3) is 0 Å². The van der Waals surface area contributed by atoms with E-state index in [9.17, 15) is 0 Å². The summed E-state index contributed by atoms with van der Waals surface area (Å²) in [5.74, 6) is 2.05. The molecule has 18 heavy (non-hydrogen) atoms. The van der Waals surface area contributed by atoms with Crippen LogP contribution in [0.5, 0.6) is 5.88 Å². The van der Waals surface area contributed by atoms with Gasteiger partial charge in [-0.2, -0.15) is 0 Å². The minimum absolute atomic E-state index is 0.156. The monoisotopic (exact) mass is 271 g/mol. The Morgan fingerprint density at radius 1 is 1.56 bits per heavy atom. The molecule has 6 heteroatoms. The van der Waals surface area contributed by atoms with Crippen LogP contribution in [-0.2, 0) is 4.74 Å². The van der Waals surface area contributed by atoms with E-state index in [0.29, 0.717) is 31.6 Å². The fraction of sp³-hybridized carbons (Fsp3) is 0.667. The number of morpholine rings is 1. The summed E-state index contributed by atoms with van der Waals surface area (Å²) in [7, 11) is 0. The number of nitrogens with zero attached hydrogens (tertiary/aromatic N) is 3. The van der Waals surface area contributed by atoms with Crippen LogP contribution in [0.25, 0.3) is 0 Å². The van der Waals surface area contributed by atoms with E-state index in [1.54, 1.807) is 0 Å². The summed E-state index contributed by atoms with van der Waals surface area (Å²) in [6.45, 7) is 6.64. The van der Waals surface area contributed by atoms with Crippen LogP contribution in [0, 0.1) is 6.92 Å². The first-order chi connectivity index (χ1) is 8.77. The number of aromatic nitrogens is 2. The molecule has 100 valence electrons. The molecule has 0 bridgehead atoms. The second kappa shape index (κ2) is 6.20. The molecule has 1 fully saturated rings. The Kier molecular flexibility index (Phi) is 4.60. The molecule has 0 aliphatic carbocycles. The van der Waals surface area contributed by atoms with Crippen LogP contribution in [0.2, 0.25) is 0 Å². The normalized spacial score (nSPS) is 19.9. The third-order valence-corrected chi connectivity index (χ3v) is 3.33. The number of hydrogen-bond donors (Lipinski definition) is 0. The fourth-order valence-electron chi connectivity index (χ4n) is 2.06. The van der Waals surface area contributed by atoms with Crippen molar-refractivity contribution in [2.75, 3.05) is 37.1 Å². The molecule has 1 saturated heterocycles. The maximum absolute atomic E-state index is 5.98. The molecule has 2 rings (SSSR count). The van der Waals surface area contributed by atoms with Crippen LogP contribution in [0.3, 0.4) is 0 Å². The van der Waals surface area contributed by atoms with Gasteiger partial charge in [0.15, 0.2) is 0 Å². The number of ether oxygens (including phenoxy) is 2. The Labute approximate surface area is 112 Å². The van der Waals surface area contributed by atoms with E-state index in [-0.39, 0.29) is 6.04 Å². The first kappa shape index (κ1) is 13.4. The van der Waals surface area contributed by atoms with E-state index in [1.165, 1.54) is 6.33 Å². The molecule has 1 unspecified atom stereocenters. The lowest BCUT2D eigenvalue weighted by Gasteiger charge is -2.36. The van der Waals surface area contributed by atoms with Crippen molar-refractivity contribution < 1.29 is 9.47 Å². The molecule has 0 radical (unpaired) electrons. The predicted octanol–water partition coefficient (Wildman–Crippen LogP) is 1.63. The predicted molar refractivity (Wildman–Crippen MR) is 70.6 cm³/mol. The molecule has 0 spiro atoms. The zero-order valence-corrected chi connectivity index (χ0v) is 11.5. The summed E-state index contributed by atoms with van der Waals surface area (Å²) < 4.78 is 10.9. The van der Waals surface area contributed by atoms with Gasteiger partial charge < -0.3 is 14.4 Å². The number of alkyl halides is 1. The lowest BCUT2D eigenvalue weighted by Crippen LogP contribution is -2.47. The summed E-state index contributed by atoms with van der Waals surface area (Å²) in [5, 5.41) is 0. The number of anilines is 1. The SMILES string of the molecule is CCOc1ncnc(N2CCOCC2CCl)c1C. The molecule has 1 aromatic rings. The maximum atomic E-state index is 5.98. The van der Waals surface area contributed by atoms with Gasteiger partial charge in [0.2, 0.25) is 5.88 Å². The van der Waals surface area contributed by atoms with Gasteiger partial charge in [-0.25, -0.2) is 9.97 Å². The van der Waals surface area contributed by atoms with E-state index in [4.69, 9.17) is 21.1 Å². The highest BCUT2D eigenvalue weighted by Gasteiger charge is 2.25. The van der Waals surface area contributed by atoms with Gasteiger partial charge in [-0.15, -0.1) is 11.6 Å². The highest BCUT2D eigenvalue weighted by molar-refractivity contribution is 6.18. The van der Waals surface area contributed by atoms with E-state index in [2.05, 4.69) is 14.9 Å². The second-order valence-electron chi connectivity index (χ2n) is 4.14. The quantitative estimate of drug-likeness (QED) is 0.779. The van der Waals surface area contributed by atoms with E-state index in [1.807, 2.05) is 13.8 Å². The highest BCUT2D eigenvalue weighted by Crippen LogP contribution is 2.26. The zero-order valence-electron chi connectivity index (χ0n) is 10.7. The molecule has 1 atom stereocenters. The Balaban J connectivity index is 2.28. The van der Waals surface area contributed by atoms with Gasteiger partial charge in [0, 0.05) is 12.4 Å². The van der Waals surface area contributed by atoms with Crippen molar-refractivity contribution in [2.45, 2.75) is 19.9 Å². The first-order valence-corrected chi connectivity index (χ1v) is 6.66. The van der Waals surface area contributed by atoms with Crippen molar-refractivity contribution in [3.8, 4) is 5.88 Å². The van der Waals surface area contributed by atoms with Gasteiger partial charge >= 0.3 is 0 Å². The van der Waals surface area contributed by atoms with Gasteiger partial charge in [0.1, 0.15) is 12.1 Å². The Bertz CT molecular complexity index is 403. The van der Waals surface area contributed by atoms with E-state index < -0.39 is 0 Å². The smallest absolute Gasteiger partial charge is 0.221 e. The third-order valence-electron chi connectivity index (χ3n) is 2.97. The van der Waals surface area contributed by atoms with Crippen LogP contribution in [0.15, 0.2) is 6.33 Å². The van der Waals surface area contributed by atoms with Gasteiger partial charge in [0.05, 0.1) is 31.4 Å². The van der Waals surface area contributed by atoms with Crippen molar-refractivity contribution in [1.29, 1.82) is 0 Å². The Morgan fingerprint density at radius 3 is 3.11 bits per heavy atom. The number of rotatable bonds is 4. The van der Waals surface area contributed by atoms with Crippen molar-refractivity contribution in [3.05, 3.63) is 11.9 Å². The number of hydrogen-bond acceptors (Lipinski definition) is 5. The minimum Gasteiger partial charge on any atom is -0.478 e. The number of halogens is 1. The summed E-state index contributed by atoms with van der Waals surface area (Å²) in [6.07, 6.45) is 1.54. The molecule has 1 aromatic heterocycles. The lowest BCUT2D eigenvalue weighted by molar-refractivity contribution is 0.0992. The Hall–Kier alpha value is -1.07. The minimum atomic E-state index is 0.156. The summed E-state index contributed by atoms with van der Waals surface area (Å²) in [4.78, 5) is 10.7. The molecular weight excluding hydrogens is 254 g/mol. The molecule has 5 nitrogen and oxygen atoms in total. The zero-order chi connectivity index (χ0) is 13.0. The highest BCUT2D eigenvalue weighted by atomic mass is 35.5. The summed E-state index contributed by atoms with van der Waals surface area (Å²) >= 11 is 5.98. The molecule has 0 amide bonds. The molecule has 0 N–H and O–H groups in total. The van der Waals surface area contributed by atoms with Gasteiger partial charge in [-0.05, 0) is 13.8 Å². The molecule has 2 heterocycles. The largest absolute Gasteiger partial charge is 0.478 e. The average Bonchev–Trinajstić information content (AvgIpc) is 2.41. The standard InChI is InChI=1S/C12H18ClN3O2/c1-3-18-12-9(2)11(14-8-15-12)16-4-5-17-7-10(16)6-13/h8,10H,3-7H2,1-2H3. The maximum Gasteiger partial charge on any atom is 0.221 e. The second-order valence-corrected chi connectivity index (χ2v) is 4.45. The van der Waals surface area contributed by atoms with Crippen molar-refractivity contribution >= 4 is 17.4 Å². The van der Waals surface area contributed by atoms with Crippen molar-refractivity contribution in [2.24, 2.45) is 0 Å². The van der Waals surface area contributed by atoms with Crippen LogP contribution >= 0.6 is 11.6 Å². The molecule has 0 aromatic carbocycles. The lowest BCUT2D eigenvalue weighted by atomic mass is 10.2. The third kappa shape index (κ3) is 2.67. The fourth-order valence-corrected chi connectivity index (χ4v) is 2.31. The average molecular weight is 272 g/mol. The Morgan fingerprint density at radius 2 is 2.39 bits per heavy atom. The van der Waals surface area contributed by atoms with Crippen LogP contribution in [0.4, 0.5) is 5.82 Å². The molecular formula is C12H18ClN3O2. The molecule has 0 saturated carbocycles. The molecule has 1 aliphatic heterocycles. The van der Waals surface area contributed by atoms with E-state index in [0.717, 1.165) is 17.9 Å². The molecule has 1 aliphatic rings. The van der Waals surface area contributed by atoms with E-state index >= 15 is 0 Å². The van der Waals surface area contributed by atoms with Crippen LogP contribution < -0.4 is 9.64 Å². The first-order valence-electron chi connectivity index (χ1n) is 6.12. The van der Waals surface area contributed by atoms with Gasteiger partial charge in [-0.3, -0.25) is 0 Å². The van der Waals surface area contributed by atoms with Crippen LogP contribution in [-0.4, -0.2) is 48.3 Å².